The highest BCUT2D eigenvalue weighted by atomic mass is 16.2. The molecule has 1 fully saturated rings. The number of hydrogen-bond acceptors (Lipinski definition) is 3. The summed E-state index contributed by atoms with van der Waals surface area (Å²) < 4.78 is 1.68. The minimum absolute atomic E-state index is 0.0304. The molecule has 0 aliphatic carbocycles. The zero-order valence-corrected chi connectivity index (χ0v) is 14.7. The van der Waals surface area contributed by atoms with Gasteiger partial charge >= 0.3 is 6.03 Å². The van der Waals surface area contributed by atoms with Crippen LogP contribution in [0.15, 0.2) is 36.5 Å². The van der Waals surface area contributed by atoms with Gasteiger partial charge in [-0.3, -0.25) is 9.48 Å². The maximum Gasteiger partial charge on any atom is 0.322 e. The number of rotatable bonds is 3. The van der Waals surface area contributed by atoms with Crippen molar-refractivity contribution in [2.45, 2.75) is 25.8 Å². The Hall–Kier alpha value is -2.83. The molecule has 1 aromatic heterocycles. The van der Waals surface area contributed by atoms with Gasteiger partial charge in [0.05, 0.1) is 17.4 Å². The lowest BCUT2D eigenvalue weighted by atomic mass is 10.0. The third-order valence-corrected chi connectivity index (χ3v) is 4.27. The van der Waals surface area contributed by atoms with E-state index in [1.54, 1.807) is 15.8 Å². The van der Waals surface area contributed by atoms with Crippen LogP contribution in [-0.4, -0.2) is 39.7 Å². The second-order valence-electron chi connectivity index (χ2n) is 6.54. The Morgan fingerprint density at radius 3 is 2.72 bits per heavy atom. The molecule has 1 aliphatic rings. The van der Waals surface area contributed by atoms with Crippen molar-refractivity contribution in [1.82, 2.24) is 20.0 Å². The molecule has 0 radical (unpaired) electrons. The van der Waals surface area contributed by atoms with Crippen LogP contribution in [0.4, 0.5) is 10.5 Å². The fraction of sp³-hybridized carbons (Fsp3) is 0.389. The van der Waals surface area contributed by atoms with E-state index in [1.165, 1.54) is 0 Å². The van der Waals surface area contributed by atoms with Crippen molar-refractivity contribution in [3.8, 4) is 0 Å². The van der Waals surface area contributed by atoms with E-state index in [2.05, 4.69) is 15.7 Å². The summed E-state index contributed by atoms with van der Waals surface area (Å²) in [4.78, 5) is 26.3. The van der Waals surface area contributed by atoms with Gasteiger partial charge in [-0.1, -0.05) is 44.2 Å². The van der Waals surface area contributed by atoms with Gasteiger partial charge in [-0.05, 0) is 11.5 Å². The van der Waals surface area contributed by atoms with Crippen LogP contribution in [0, 0.1) is 0 Å². The summed E-state index contributed by atoms with van der Waals surface area (Å²) in [5.74, 6) is 0.0312. The lowest BCUT2D eigenvalue weighted by molar-refractivity contribution is -0.124. The summed E-state index contributed by atoms with van der Waals surface area (Å²) in [6.07, 6.45) is 1.79. The third-order valence-electron chi connectivity index (χ3n) is 4.27. The topological polar surface area (TPSA) is 79.3 Å². The molecule has 2 N–H and O–H groups in total. The Morgan fingerprint density at radius 1 is 1.32 bits per heavy atom. The average Bonchev–Trinajstić information content (AvgIpc) is 2.96. The van der Waals surface area contributed by atoms with Crippen LogP contribution in [0.5, 0.6) is 0 Å². The zero-order chi connectivity index (χ0) is 18.0. The lowest BCUT2D eigenvalue weighted by Crippen LogP contribution is -2.53. The van der Waals surface area contributed by atoms with Crippen molar-refractivity contribution in [2.24, 2.45) is 7.05 Å². The van der Waals surface area contributed by atoms with E-state index < -0.39 is 0 Å². The number of piperazine rings is 1. The van der Waals surface area contributed by atoms with Crippen molar-refractivity contribution >= 4 is 17.6 Å². The summed E-state index contributed by atoms with van der Waals surface area (Å²) in [5, 5.41) is 10.2. The van der Waals surface area contributed by atoms with E-state index in [9.17, 15) is 9.59 Å². The normalized spacial score (nSPS) is 17.5. The van der Waals surface area contributed by atoms with Crippen molar-refractivity contribution < 1.29 is 9.59 Å². The monoisotopic (exact) mass is 341 g/mol. The van der Waals surface area contributed by atoms with Crippen LogP contribution in [0.3, 0.4) is 0 Å². The van der Waals surface area contributed by atoms with Crippen LogP contribution in [-0.2, 0) is 11.8 Å². The van der Waals surface area contributed by atoms with Gasteiger partial charge in [0.25, 0.3) is 0 Å². The summed E-state index contributed by atoms with van der Waals surface area (Å²) in [7, 11) is 1.82. The molecule has 2 heterocycles. The third kappa shape index (κ3) is 3.65. The number of hydrogen-bond donors (Lipinski definition) is 2. The first-order valence-electron chi connectivity index (χ1n) is 8.38. The highest BCUT2D eigenvalue weighted by Crippen LogP contribution is 2.26. The number of urea groups is 1. The molecule has 0 saturated carbocycles. The summed E-state index contributed by atoms with van der Waals surface area (Å²) >= 11 is 0. The zero-order valence-electron chi connectivity index (χ0n) is 14.7. The van der Waals surface area contributed by atoms with E-state index in [0.29, 0.717) is 12.2 Å². The molecule has 7 nitrogen and oxygen atoms in total. The number of nitrogens with one attached hydrogen (secondary N) is 2. The van der Waals surface area contributed by atoms with E-state index >= 15 is 0 Å². The maximum atomic E-state index is 12.9. The first kappa shape index (κ1) is 17.0. The second kappa shape index (κ2) is 6.96. The van der Waals surface area contributed by atoms with Crippen LogP contribution >= 0.6 is 0 Å². The van der Waals surface area contributed by atoms with Gasteiger partial charge in [0.15, 0.2) is 0 Å². The predicted molar refractivity (Wildman–Crippen MR) is 95.2 cm³/mol. The molecule has 1 unspecified atom stereocenters. The molecule has 3 amide bonds. The number of nitrogens with zero attached hydrogens (tertiary/aromatic N) is 3. The fourth-order valence-electron chi connectivity index (χ4n) is 3.04. The number of aryl methyl sites for hydroxylation is 1. The van der Waals surface area contributed by atoms with Gasteiger partial charge < -0.3 is 15.5 Å². The maximum absolute atomic E-state index is 12.9. The van der Waals surface area contributed by atoms with Crippen molar-refractivity contribution in [3.05, 3.63) is 47.8 Å². The number of benzene rings is 1. The number of carbonyl (C=O) groups excluding carboxylic acids is 2. The molecular weight excluding hydrogens is 318 g/mol. The Labute approximate surface area is 147 Å². The molecule has 2 aromatic rings. The Bertz CT molecular complexity index is 769. The molecular formula is C18H23N5O2. The summed E-state index contributed by atoms with van der Waals surface area (Å²) in [5.41, 5.74) is 2.50. The summed E-state index contributed by atoms with van der Waals surface area (Å²) in [6, 6.07) is 9.23. The smallest absolute Gasteiger partial charge is 0.322 e. The molecule has 0 bridgehead atoms. The molecule has 132 valence electrons. The van der Waals surface area contributed by atoms with Gasteiger partial charge in [-0.15, -0.1) is 0 Å². The highest BCUT2D eigenvalue weighted by Gasteiger charge is 2.32. The summed E-state index contributed by atoms with van der Waals surface area (Å²) in [6.45, 7) is 4.49. The quantitative estimate of drug-likeness (QED) is 0.899. The standard InChI is InChI=1S/C18H23N5O2/c1-12(2)17-14(10-22(3)21-17)20-18(25)23-11-16(24)19-9-15(23)13-7-5-4-6-8-13/h4-8,10,12,15H,9,11H2,1-3H3,(H,19,24)(H,20,25). The number of aromatic nitrogens is 2. The van der Waals surface area contributed by atoms with E-state index in [0.717, 1.165) is 11.3 Å². The lowest BCUT2D eigenvalue weighted by Gasteiger charge is -2.35. The van der Waals surface area contributed by atoms with Crippen molar-refractivity contribution in [3.63, 3.8) is 0 Å². The molecule has 0 spiro atoms. The minimum Gasteiger partial charge on any atom is -0.352 e. The average molecular weight is 341 g/mol. The van der Waals surface area contributed by atoms with Crippen LogP contribution in [0.1, 0.15) is 37.1 Å². The number of anilines is 1. The first-order chi connectivity index (χ1) is 12.0. The predicted octanol–water partition coefficient (Wildman–Crippen LogP) is 2.25. The van der Waals surface area contributed by atoms with Gasteiger partial charge in [0.2, 0.25) is 5.91 Å². The van der Waals surface area contributed by atoms with Gasteiger partial charge in [-0.25, -0.2) is 4.79 Å². The number of amides is 3. The van der Waals surface area contributed by atoms with Crippen molar-refractivity contribution in [2.75, 3.05) is 18.4 Å². The SMILES string of the molecule is CC(C)c1nn(C)cc1NC(=O)N1CC(=O)NCC1c1ccccc1. The van der Waals surface area contributed by atoms with Crippen molar-refractivity contribution in [1.29, 1.82) is 0 Å². The first-order valence-corrected chi connectivity index (χ1v) is 8.38. The molecule has 3 rings (SSSR count). The minimum atomic E-state index is -0.293. The molecule has 1 atom stereocenters. The van der Waals surface area contributed by atoms with Crippen LogP contribution < -0.4 is 10.6 Å². The number of carbonyl (C=O) groups is 2. The fourth-order valence-corrected chi connectivity index (χ4v) is 3.04. The molecule has 1 aliphatic heterocycles. The van der Waals surface area contributed by atoms with Crippen LogP contribution in [0.2, 0.25) is 0 Å². The Kier molecular flexibility index (Phi) is 4.74. The molecule has 25 heavy (non-hydrogen) atoms. The van der Waals surface area contributed by atoms with Gasteiger partial charge in [0.1, 0.15) is 6.54 Å². The van der Waals surface area contributed by atoms with E-state index in [1.807, 2.05) is 51.2 Å². The van der Waals surface area contributed by atoms with E-state index in [-0.39, 0.29) is 30.4 Å². The Morgan fingerprint density at radius 2 is 2.04 bits per heavy atom. The van der Waals surface area contributed by atoms with Gasteiger partial charge in [-0.2, -0.15) is 5.10 Å². The van der Waals surface area contributed by atoms with Crippen LogP contribution in [0.25, 0.3) is 0 Å². The van der Waals surface area contributed by atoms with Gasteiger partial charge in [0, 0.05) is 19.8 Å². The largest absolute Gasteiger partial charge is 0.352 e. The Balaban J connectivity index is 1.84. The molecule has 7 heteroatoms. The molecule has 1 saturated heterocycles. The second-order valence-corrected chi connectivity index (χ2v) is 6.54. The molecule has 1 aromatic carbocycles. The van der Waals surface area contributed by atoms with E-state index in [4.69, 9.17) is 0 Å². The highest BCUT2D eigenvalue weighted by molar-refractivity contribution is 5.93.